The number of aromatic nitrogens is 1. The first-order valence-electron chi connectivity index (χ1n) is 14.1. The first-order chi connectivity index (χ1) is 21.4. The summed E-state index contributed by atoms with van der Waals surface area (Å²) in [6.07, 6.45) is 2.19. The van der Waals surface area contributed by atoms with Crippen LogP contribution in [0.1, 0.15) is 12.0 Å². The fraction of sp³-hybridized carbons (Fsp3) is 0.281. The molecule has 0 aliphatic carbocycles. The smallest absolute Gasteiger partial charge is 0.325 e. The molecule has 1 aliphatic rings. The van der Waals surface area contributed by atoms with Crippen molar-refractivity contribution in [3.05, 3.63) is 84.1 Å². The molecule has 0 radical (unpaired) electrons. The highest BCUT2D eigenvalue weighted by molar-refractivity contribution is 6.01. The molecule has 1 aliphatic heterocycles. The van der Waals surface area contributed by atoms with Crippen LogP contribution >= 0.6 is 0 Å². The summed E-state index contributed by atoms with van der Waals surface area (Å²) in [5.41, 5.74) is 1.08. The van der Waals surface area contributed by atoms with Crippen molar-refractivity contribution in [3.8, 4) is 23.0 Å². The minimum atomic E-state index is -0.856. The van der Waals surface area contributed by atoms with Crippen LogP contribution in [0.15, 0.2) is 66.9 Å². The Morgan fingerprint density at radius 1 is 0.977 bits per heavy atom. The number of carbonyl (C=O) groups is 2. The van der Waals surface area contributed by atoms with Crippen molar-refractivity contribution in [3.63, 3.8) is 0 Å². The van der Waals surface area contributed by atoms with Crippen molar-refractivity contribution in [1.29, 1.82) is 0 Å². The first kappa shape index (κ1) is 30.6. The molecule has 1 saturated heterocycles. The van der Waals surface area contributed by atoms with Gasteiger partial charge in [0.05, 0.1) is 38.9 Å². The Hall–Kier alpha value is -4.81. The summed E-state index contributed by atoms with van der Waals surface area (Å²) in [6.45, 7) is 4.75. The topological polar surface area (TPSA) is 111 Å². The van der Waals surface area contributed by atoms with E-state index in [0.29, 0.717) is 40.3 Å². The van der Waals surface area contributed by atoms with E-state index in [2.05, 4.69) is 20.5 Å². The van der Waals surface area contributed by atoms with E-state index in [1.165, 1.54) is 37.4 Å². The van der Waals surface area contributed by atoms with E-state index in [-0.39, 0.29) is 17.9 Å². The Morgan fingerprint density at radius 2 is 1.82 bits per heavy atom. The lowest BCUT2D eigenvalue weighted by Gasteiger charge is -2.26. The van der Waals surface area contributed by atoms with E-state index >= 15 is 4.39 Å². The molecule has 2 heterocycles. The van der Waals surface area contributed by atoms with E-state index in [4.69, 9.17) is 18.9 Å². The summed E-state index contributed by atoms with van der Waals surface area (Å²) in [5.74, 6) is -0.594. The summed E-state index contributed by atoms with van der Waals surface area (Å²) >= 11 is 0. The first-order valence-corrected chi connectivity index (χ1v) is 14.1. The Labute approximate surface area is 252 Å². The van der Waals surface area contributed by atoms with Crippen molar-refractivity contribution >= 4 is 28.5 Å². The van der Waals surface area contributed by atoms with Crippen LogP contribution in [-0.4, -0.2) is 68.4 Å². The molecule has 1 aromatic heterocycles. The van der Waals surface area contributed by atoms with Gasteiger partial charge in [-0.15, -0.1) is 0 Å². The van der Waals surface area contributed by atoms with Crippen molar-refractivity contribution in [2.45, 2.75) is 12.8 Å². The summed E-state index contributed by atoms with van der Waals surface area (Å²) < 4.78 is 51.2. The molecule has 0 atom stereocenters. The van der Waals surface area contributed by atoms with Gasteiger partial charge < -0.3 is 24.3 Å². The van der Waals surface area contributed by atoms with E-state index < -0.39 is 23.6 Å². The van der Waals surface area contributed by atoms with Crippen molar-refractivity contribution < 1.29 is 37.3 Å². The molecular formula is C32H32F2N4O6. The molecule has 44 heavy (non-hydrogen) atoms. The molecule has 0 unspecified atom stereocenters. The summed E-state index contributed by atoms with van der Waals surface area (Å²) in [5, 5.41) is 5.12. The van der Waals surface area contributed by atoms with Crippen molar-refractivity contribution in [2.24, 2.45) is 0 Å². The average Bonchev–Trinajstić information content (AvgIpc) is 3.00. The molecule has 2 N–H and O–H groups in total. The summed E-state index contributed by atoms with van der Waals surface area (Å²) in [6, 6.07) is 13.6. The second kappa shape index (κ2) is 14.6. The lowest BCUT2D eigenvalue weighted by atomic mass is 10.1. The second-order valence-corrected chi connectivity index (χ2v) is 10.0. The molecule has 3 amide bonds. The number of nitrogens with one attached hydrogen (secondary N) is 2. The number of urea groups is 1. The lowest BCUT2D eigenvalue weighted by molar-refractivity contribution is -0.119. The van der Waals surface area contributed by atoms with Gasteiger partial charge in [0.15, 0.2) is 23.1 Å². The van der Waals surface area contributed by atoms with Gasteiger partial charge in [0.25, 0.3) is 0 Å². The van der Waals surface area contributed by atoms with Gasteiger partial charge in [0.1, 0.15) is 11.6 Å². The molecule has 230 valence electrons. The number of carbonyl (C=O) groups excluding carboxylic acids is 2. The summed E-state index contributed by atoms with van der Waals surface area (Å²) in [4.78, 5) is 31.1. The number of hydrogen-bond donors (Lipinski definition) is 2. The minimum Gasteiger partial charge on any atom is -0.493 e. The number of imide groups is 1. The van der Waals surface area contributed by atoms with Gasteiger partial charge in [-0.25, -0.2) is 13.6 Å². The number of morpholine rings is 1. The van der Waals surface area contributed by atoms with E-state index in [9.17, 15) is 14.0 Å². The molecule has 12 heteroatoms. The highest BCUT2D eigenvalue weighted by Crippen LogP contribution is 2.38. The van der Waals surface area contributed by atoms with Gasteiger partial charge in [0.2, 0.25) is 5.91 Å². The number of halogens is 2. The number of ether oxygens (including phenoxy) is 4. The third-order valence-electron chi connectivity index (χ3n) is 6.88. The molecule has 0 saturated carbocycles. The van der Waals surface area contributed by atoms with Crippen LogP contribution in [0, 0.1) is 11.6 Å². The van der Waals surface area contributed by atoms with Gasteiger partial charge in [-0.3, -0.25) is 20.0 Å². The highest BCUT2D eigenvalue weighted by Gasteiger charge is 2.16. The predicted octanol–water partition coefficient (Wildman–Crippen LogP) is 5.31. The highest BCUT2D eigenvalue weighted by atomic mass is 19.1. The van der Waals surface area contributed by atoms with E-state index in [1.54, 1.807) is 30.5 Å². The molecule has 3 aromatic carbocycles. The van der Waals surface area contributed by atoms with Gasteiger partial charge in [-0.2, -0.15) is 0 Å². The number of fused-ring (bicyclic) bond motifs is 1. The number of hydrogen-bond acceptors (Lipinski definition) is 8. The lowest BCUT2D eigenvalue weighted by Crippen LogP contribution is -2.37. The van der Waals surface area contributed by atoms with Gasteiger partial charge in [-0.05, 0) is 48.4 Å². The molecule has 10 nitrogen and oxygen atoms in total. The fourth-order valence-corrected chi connectivity index (χ4v) is 4.73. The number of methoxy groups -OCH3 is 1. The summed E-state index contributed by atoms with van der Waals surface area (Å²) in [7, 11) is 1.54. The van der Waals surface area contributed by atoms with Crippen LogP contribution in [-0.2, 0) is 16.0 Å². The van der Waals surface area contributed by atoms with Gasteiger partial charge in [0, 0.05) is 49.0 Å². The molecule has 0 spiro atoms. The Morgan fingerprint density at radius 3 is 2.59 bits per heavy atom. The van der Waals surface area contributed by atoms with Crippen LogP contribution < -0.4 is 24.8 Å². The monoisotopic (exact) mass is 606 g/mol. The zero-order valence-electron chi connectivity index (χ0n) is 24.1. The molecular weight excluding hydrogens is 574 g/mol. The van der Waals surface area contributed by atoms with Gasteiger partial charge >= 0.3 is 6.03 Å². The molecule has 0 bridgehead atoms. The Balaban J connectivity index is 1.20. The standard InChI is InChI=1S/C32H32F2N4O6/c1-41-29-19-24-26(20-30(29)43-13-3-10-38-11-14-42-15-12-38)35-9-8-27(24)44-28-7-6-23(18-25(28)34)36-32(40)37-31(39)17-21-4-2-5-22(33)16-21/h2,4-9,16,18-20H,3,10-15,17H2,1H3,(H2,36,37,39,40). The average molecular weight is 607 g/mol. The minimum absolute atomic E-state index is 0.0898. The van der Waals surface area contributed by atoms with E-state index in [1.807, 2.05) is 0 Å². The number of pyridine rings is 1. The number of benzene rings is 3. The van der Waals surface area contributed by atoms with Crippen LogP contribution in [0.4, 0.5) is 19.3 Å². The van der Waals surface area contributed by atoms with Crippen LogP contribution in [0.5, 0.6) is 23.0 Å². The SMILES string of the molecule is COc1cc2c(Oc3ccc(NC(=O)NC(=O)Cc4cccc(F)c4)cc3F)ccnc2cc1OCCCN1CCOCC1. The van der Waals surface area contributed by atoms with Crippen LogP contribution in [0.25, 0.3) is 10.9 Å². The third-order valence-corrected chi connectivity index (χ3v) is 6.88. The fourth-order valence-electron chi connectivity index (χ4n) is 4.73. The maximum Gasteiger partial charge on any atom is 0.325 e. The maximum absolute atomic E-state index is 15.0. The Kier molecular flexibility index (Phi) is 10.2. The number of rotatable bonds is 11. The maximum atomic E-state index is 15.0. The van der Waals surface area contributed by atoms with Crippen LogP contribution in [0.3, 0.4) is 0 Å². The number of anilines is 1. The zero-order valence-corrected chi connectivity index (χ0v) is 24.1. The quantitative estimate of drug-likeness (QED) is 0.221. The molecule has 1 fully saturated rings. The largest absolute Gasteiger partial charge is 0.493 e. The number of amides is 3. The van der Waals surface area contributed by atoms with Crippen molar-refractivity contribution in [2.75, 3.05) is 51.9 Å². The van der Waals surface area contributed by atoms with Gasteiger partial charge in [-0.1, -0.05) is 12.1 Å². The predicted molar refractivity (Wildman–Crippen MR) is 159 cm³/mol. The Bertz CT molecular complexity index is 1630. The third kappa shape index (κ3) is 8.17. The number of nitrogens with zero attached hydrogens (tertiary/aromatic N) is 2. The zero-order chi connectivity index (χ0) is 30.9. The van der Waals surface area contributed by atoms with E-state index in [0.717, 1.165) is 45.3 Å². The van der Waals surface area contributed by atoms with Crippen LogP contribution in [0.2, 0.25) is 0 Å². The van der Waals surface area contributed by atoms with Crippen molar-refractivity contribution in [1.82, 2.24) is 15.2 Å². The molecule has 4 aromatic rings. The second-order valence-electron chi connectivity index (χ2n) is 10.0. The normalized spacial score (nSPS) is 13.3. The molecule has 5 rings (SSSR count).